The number of rotatable bonds is 7. The van der Waals surface area contributed by atoms with Gasteiger partial charge in [0.1, 0.15) is 23.1 Å². The fourth-order valence-corrected chi connectivity index (χ4v) is 6.92. The molecule has 1 amide bonds. The van der Waals surface area contributed by atoms with Gasteiger partial charge in [0.05, 0.1) is 36.1 Å². The Morgan fingerprint density at radius 1 is 1.34 bits per heavy atom. The number of furan rings is 1. The van der Waals surface area contributed by atoms with Crippen molar-refractivity contribution in [3.05, 3.63) is 69.5 Å². The number of nitrogens with two attached hydrogens (primary N) is 1. The third-order valence-corrected chi connectivity index (χ3v) is 9.05. The number of aromatic nitrogens is 2. The highest BCUT2D eigenvalue weighted by molar-refractivity contribution is 8.01. The van der Waals surface area contributed by atoms with Gasteiger partial charge in [-0.2, -0.15) is 5.26 Å². The number of carbonyl (C=O) groups is 2. The van der Waals surface area contributed by atoms with Gasteiger partial charge in [-0.15, -0.1) is 10.2 Å². The Morgan fingerprint density at radius 3 is 2.80 bits per heavy atom. The molecular formula is C28H27ClN6O4S2. The Bertz CT molecular complexity index is 1650. The number of carbonyl (C=O) groups excluding carboxylic acids is 2. The molecule has 5 rings (SSSR count). The van der Waals surface area contributed by atoms with Gasteiger partial charge in [-0.05, 0) is 49.1 Å². The van der Waals surface area contributed by atoms with Gasteiger partial charge in [0.2, 0.25) is 11.0 Å². The van der Waals surface area contributed by atoms with E-state index in [-0.39, 0.29) is 34.3 Å². The predicted octanol–water partition coefficient (Wildman–Crippen LogP) is 5.77. The molecule has 1 aliphatic heterocycles. The van der Waals surface area contributed by atoms with Crippen molar-refractivity contribution >= 4 is 57.2 Å². The van der Waals surface area contributed by atoms with E-state index in [9.17, 15) is 14.9 Å². The average molecular weight is 611 g/mol. The quantitative estimate of drug-likeness (QED) is 0.316. The molecule has 3 aromatic rings. The number of nitrogens with one attached hydrogen (secondary N) is 1. The van der Waals surface area contributed by atoms with Crippen LogP contribution in [0.3, 0.4) is 0 Å². The minimum atomic E-state index is -0.697. The monoisotopic (exact) mass is 610 g/mol. The molecule has 2 aliphatic rings. The lowest BCUT2D eigenvalue weighted by atomic mass is 9.69. The maximum atomic E-state index is 13.6. The highest BCUT2D eigenvalue weighted by Gasteiger charge is 2.46. The van der Waals surface area contributed by atoms with E-state index in [0.29, 0.717) is 61.6 Å². The first kappa shape index (κ1) is 28.7. The van der Waals surface area contributed by atoms with Crippen LogP contribution >= 0.6 is 34.7 Å². The summed E-state index contributed by atoms with van der Waals surface area (Å²) in [6, 6.07) is 10.8. The van der Waals surface area contributed by atoms with Crippen LogP contribution in [0.4, 0.5) is 10.8 Å². The summed E-state index contributed by atoms with van der Waals surface area (Å²) in [5, 5.41) is 22.4. The highest BCUT2D eigenvalue weighted by atomic mass is 35.5. The Morgan fingerprint density at radius 2 is 2.12 bits per heavy atom. The summed E-state index contributed by atoms with van der Waals surface area (Å²) in [4.78, 5) is 27.9. The van der Waals surface area contributed by atoms with Crippen LogP contribution in [0.15, 0.2) is 61.8 Å². The first-order valence-electron chi connectivity index (χ1n) is 12.6. The number of halogens is 1. The Hall–Kier alpha value is -3.79. The molecule has 3 heterocycles. The largest absolute Gasteiger partial charge is 0.495 e. The number of allylic oxidation sites excluding steroid dienone is 3. The highest BCUT2D eigenvalue weighted by Crippen LogP contribution is 2.51. The van der Waals surface area contributed by atoms with Gasteiger partial charge in [-0.25, -0.2) is 0 Å². The molecule has 0 saturated carbocycles. The molecule has 0 bridgehead atoms. The van der Waals surface area contributed by atoms with Crippen LogP contribution < -0.4 is 20.7 Å². The number of nitrogens with zero attached hydrogens (tertiary/aromatic N) is 4. The Labute approximate surface area is 250 Å². The maximum Gasteiger partial charge on any atom is 0.234 e. The van der Waals surface area contributed by atoms with Crippen LogP contribution in [-0.4, -0.2) is 34.8 Å². The molecule has 41 heavy (non-hydrogen) atoms. The standard InChI is InChI=1S/C28H27ClN6O4S2/c1-14-5-7-21(39-14)23-16(12-30)25(31)35(18-10-28(2,3)11-19(36)24(18)23)26-33-34-27(41-26)40-13-22(37)32-17-9-15(29)6-8-20(17)38-4/h5-9,23H,10-11,13,31H2,1-4H3,(H,32,37). The van der Waals surface area contributed by atoms with Gasteiger partial charge < -0.3 is 20.2 Å². The molecule has 0 spiro atoms. The third kappa shape index (κ3) is 5.70. The number of Topliss-reactive ketones (excluding diaryl/α,β-unsaturated/α-hetero) is 1. The fraction of sp³-hybridized carbons (Fsp3) is 0.321. The lowest BCUT2D eigenvalue weighted by Crippen LogP contribution is -2.42. The zero-order chi connectivity index (χ0) is 29.5. The van der Waals surface area contributed by atoms with Crippen molar-refractivity contribution in [3.63, 3.8) is 0 Å². The topological polar surface area (TPSA) is 147 Å². The number of anilines is 2. The summed E-state index contributed by atoms with van der Waals surface area (Å²) >= 11 is 8.48. The Balaban J connectivity index is 1.44. The van der Waals surface area contributed by atoms with E-state index < -0.39 is 5.92 Å². The van der Waals surface area contributed by atoms with Crippen molar-refractivity contribution in [1.82, 2.24) is 10.2 Å². The first-order valence-corrected chi connectivity index (χ1v) is 14.8. The minimum absolute atomic E-state index is 0.0540. The van der Waals surface area contributed by atoms with E-state index in [4.69, 9.17) is 26.5 Å². The molecule has 0 radical (unpaired) electrons. The molecule has 10 nitrogen and oxygen atoms in total. The average Bonchev–Trinajstić information content (AvgIpc) is 3.55. The smallest absolute Gasteiger partial charge is 0.234 e. The van der Waals surface area contributed by atoms with Crippen molar-refractivity contribution in [2.45, 2.75) is 43.9 Å². The number of nitriles is 1. The third-order valence-electron chi connectivity index (χ3n) is 6.78. The molecule has 2 aromatic heterocycles. The van der Waals surface area contributed by atoms with Crippen LogP contribution in [0.1, 0.15) is 44.1 Å². The molecule has 13 heteroatoms. The summed E-state index contributed by atoms with van der Waals surface area (Å²) < 4.78 is 11.7. The number of benzene rings is 1. The number of hydrogen-bond donors (Lipinski definition) is 2. The van der Waals surface area contributed by atoms with Gasteiger partial charge in [0.15, 0.2) is 10.1 Å². The van der Waals surface area contributed by atoms with Gasteiger partial charge in [0.25, 0.3) is 0 Å². The second-order valence-corrected chi connectivity index (χ2v) is 13.1. The van der Waals surface area contributed by atoms with Crippen LogP contribution in [0.2, 0.25) is 5.02 Å². The molecule has 3 N–H and O–H groups in total. The van der Waals surface area contributed by atoms with Crippen LogP contribution in [0.5, 0.6) is 5.75 Å². The summed E-state index contributed by atoms with van der Waals surface area (Å²) in [7, 11) is 1.51. The molecule has 1 unspecified atom stereocenters. The summed E-state index contributed by atoms with van der Waals surface area (Å²) in [6.07, 6.45) is 0.869. The van der Waals surface area contributed by atoms with Crippen molar-refractivity contribution < 1.29 is 18.7 Å². The van der Waals surface area contributed by atoms with E-state index in [1.165, 1.54) is 30.2 Å². The maximum absolute atomic E-state index is 13.6. The molecule has 0 fully saturated rings. The van der Waals surface area contributed by atoms with E-state index in [1.807, 2.05) is 20.8 Å². The van der Waals surface area contributed by atoms with E-state index in [2.05, 4.69) is 21.6 Å². The molecule has 212 valence electrons. The number of ketones is 1. The van der Waals surface area contributed by atoms with Crippen molar-refractivity contribution in [2.75, 3.05) is 23.1 Å². The van der Waals surface area contributed by atoms with E-state index in [1.54, 1.807) is 35.2 Å². The summed E-state index contributed by atoms with van der Waals surface area (Å²) in [6.45, 7) is 5.85. The number of aryl methyl sites for hydroxylation is 1. The lowest BCUT2D eigenvalue weighted by molar-refractivity contribution is -0.118. The molecule has 1 aromatic carbocycles. The van der Waals surface area contributed by atoms with Gasteiger partial charge in [-0.3, -0.25) is 14.5 Å². The molecule has 0 saturated heterocycles. The number of ether oxygens (including phenoxy) is 1. The molecule has 1 aliphatic carbocycles. The van der Waals surface area contributed by atoms with Crippen LogP contribution in [-0.2, 0) is 9.59 Å². The summed E-state index contributed by atoms with van der Waals surface area (Å²) in [5.41, 5.74) is 8.16. The lowest BCUT2D eigenvalue weighted by Gasteiger charge is -2.42. The normalized spacial score (nSPS) is 18.3. The number of thioether (sulfide) groups is 1. The van der Waals surface area contributed by atoms with Crippen LogP contribution in [0, 0.1) is 23.7 Å². The van der Waals surface area contributed by atoms with Crippen molar-refractivity contribution in [3.8, 4) is 11.8 Å². The minimum Gasteiger partial charge on any atom is -0.495 e. The zero-order valence-corrected chi connectivity index (χ0v) is 25.2. The Kier molecular flexibility index (Phi) is 7.87. The fourth-order valence-electron chi connectivity index (χ4n) is 5.06. The molecular weight excluding hydrogens is 584 g/mol. The second kappa shape index (κ2) is 11.2. The first-order chi connectivity index (χ1) is 19.5. The van der Waals surface area contributed by atoms with E-state index in [0.717, 1.165) is 0 Å². The zero-order valence-electron chi connectivity index (χ0n) is 22.8. The van der Waals surface area contributed by atoms with Crippen molar-refractivity contribution in [2.24, 2.45) is 11.1 Å². The van der Waals surface area contributed by atoms with Gasteiger partial charge >= 0.3 is 0 Å². The summed E-state index contributed by atoms with van der Waals surface area (Å²) in [5.74, 6) is 0.852. The molecule has 1 atom stereocenters. The van der Waals surface area contributed by atoms with Crippen LogP contribution in [0.25, 0.3) is 0 Å². The van der Waals surface area contributed by atoms with Crippen molar-refractivity contribution in [1.29, 1.82) is 5.26 Å². The predicted molar refractivity (Wildman–Crippen MR) is 158 cm³/mol. The number of hydrogen-bond acceptors (Lipinski definition) is 11. The van der Waals surface area contributed by atoms with E-state index >= 15 is 0 Å². The van der Waals surface area contributed by atoms with Gasteiger partial charge in [0, 0.05) is 22.7 Å². The number of amides is 1. The second-order valence-electron chi connectivity index (χ2n) is 10.5. The SMILES string of the molecule is COc1ccc(Cl)cc1NC(=O)CSc1nnc(N2C(N)=C(C#N)C(c3ccc(C)o3)C3=C2CC(C)(C)CC3=O)s1. The van der Waals surface area contributed by atoms with Gasteiger partial charge in [-0.1, -0.05) is 48.5 Å². The number of methoxy groups -OCH3 is 1.